The Morgan fingerprint density at radius 3 is 2.79 bits per heavy atom. The van der Waals surface area contributed by atoms with Crippen LogP contribution in [-0.2, 0) is 16.1 Å². The molecule has 0 aliphatic carbocycles. The summed E-state index contributed by atoms with van der Waals surface area (Å²) in [5.74, 6) is -0.871. The van der Waals surface area contributed by atoms with Crippen LogP contribution < -0.4 is 15.4 Å². The van der Waals surface area contributed by atoms with Gasteiger partial charge in [-0.15, -0.1) is 0 Å². The molecule has 0 bridgehead atoms. The van der Waals surface area contributed by atoms with Crippen LogP contribution in [0.25, 0.3) is 11.3 Å². The number of benzene rings is 1. The van der Waals surface area contributed by atoms with Gasteiger partial charge in [-0.25, -0.2) is 14.1 Å². The van der Waals surface area contributed by atoms with Gasteiger partial charge in [-0.1, -0.05) is 23.7 Å². The summed E-state index contributed by atoms with van der Waals surface area (Å²) in [5.41, 5.74) is 1.64. The van der Waals surface area contributed by atoms with Crippen LogP contribution in [0.4, 0.5) is 4.39 Å². The molecule has 4 heterocycles. The highest BCUT2D eigenvalue weighted by molar-refractivity contribution is 6.30. The van der Waals surface area contributed by atoms with Crippen LogP contribution >= 0.6 is 11.6 Å². The lowest BCUT2D eigenvalue weighted by Crippen LogP contribution is -2.43. The third kappa shape index (κ3) is 5.64. The van der Waals surface area contributed by atoms with Crippen molar-refractivity contribution in [2.75, 3.05) is 33.4 Å². The van der Waals surface area contributed by atoms with Crippen molar-refractivity contribution in [2.24, 2.45) is 5.92 Å². The first-order valence-corrected chi connectivity index (χ1v) is 12.8. The molecule has 2 aliphatic heterocycles. The molecule has 5 rings (SSSR count). The lowest BCUT2D eigenvalue weighted by atomic mass is 9.95. The average Bonchev–Trinajstić information content (AvgIpc) is 3.62. The first-order chi connectivity index (χ1) is 18.4. The lowest BCUT2D eigenvalue weighted by molar-refractivity contribution is -0.126. The molecule has 200 valence electrons. The maximum absolute atomic E-state index is 14.8. The van der Waals surface area contributed by atoms with Crippen molar-refractivity contribution >= 4 is 23.4 Å². The van der Waals surface area contributed by atoms with Gasteiger partial charge in [0, 0.05) is 48.7 Å². The fourth-order valence-corrected chi connectivity index (χ4v) is 4.88. The molecule has 38 heavy (non-hydrogen) atoms. The lowest BCUT2D eigenvalue weighted by Gasteiger charge is -2.30. The number of hydrogen-bond acceptors (Lipinski definition) is 7. The quantitative estimate of drug-likeness (QED) is 0.472. The molecular formula is C26H28ClFN6O4. The zero-order valence-corrected chi connectivity index (χ0v) is 21.6. The molecule has 2 saturated heterocycles. The number of amides is 2. The normalized spacial score (nSPS) is 18.0. The van der Waals surface area contributed by atoms with Crippen molar-refractivity contribution in [3.63, 3.8) is 0 Å². The van der Waals surface area contributed by atoms with Gasteiger partial charge >= 0.3 is 0 Å². The zero-order chi connectivity index (χ0) is 26.6. The summed E-state index contributed by atoms with van der Waals surface area (Å²) < 4.78 is 27.1. The first kappa shape index (κ1) is 26.1. The number of halogens is 2. The van der Waals surface area contributed by atoms with E-state index < -0.39 is 12.2 Å². The van der Waals surface area contributed by atoms with Gasteiger partial charge in [0.1, 0.15) is 0 Å². The van der Waals surface area contributed by atoms with Crippen LogP contribution in [0.1, 0.15) is 35.2 Å². The largest absolute Gasteiger partial charge is 0.481 e. The van der Waals surface area contributed by atoms with Crippen LogP contribution in [-0.4, -0.2) is 64.8 Å². The minimum atomic E-state index is -0.640. The Morgan fingerprint density at radius 2 is 2.08 bits per heavy atom. The van der Waals surface area contributed by atoms with Gasteiger partial charge < -0.3 is 19.7 Å². The molecule has 3 aromatic rings. The number of piperidine rings is 1. The minimum absolute atomic E-state index is 0.0461. The number of methoxy groups -OCH3 is 1. The predicted molar refractivity (Wildman–Crippen MR) is 137 cm³/mol. The second-order valence-electron chi connectivity index (χ2n) is 9.16. The van der Waals surface area contributed by atoms with Crippen LogP contribution in [0.5, 0.6) is 5.88 Å². The van der Waals surface area contributed by atoms with E-state index >= 15 is 0 Å². The molecule has 0 radical (unpaired) electrons. The van der Waals surface area contributed by atoms with Gasteiger partial charge in [0.2, 0.25) is 18.1 Å². The Morgan fingerprint density at radius 1 is 1.26 bits per heavy atom. The third-order valence-corrected chi connectivity index (χ3v) is 6.93. The number of rotatable bonds is 7. The van der Waals surface area contributed by atoms with E-state index in [9.17, 15) is 14.0 Å². The van der Waals surface area contributed by atoms with Gasteiger partial charge in [-0.2, -0.15) is 5.10 Å². The summed E-state index contributed by atoms with van der Waals surface area (Å²) in [5, 5.41) is 11.2. The maximum Gasteiger partial charge on any atom is 0.274 e. The highest BCUT2D eigenvalue weighted by atomic mass is 35.5. The van der Waals surface area contributed by atoms with Crippen LogP contribution in [0.15, 0.2) is 42.6 Å². The molecule has 1 unspecified atom stereocenters. The molecule has 2 aliphatic rings. The number of aromatic nitrogens is 3. The van der Waals surface area contributed by atoms with Gasteiger partial charge in [0.15, 0.2) is 11.5 Å². The second-order valence-corrected chi connectivity index (χ2v) is 9.59. The number of nitrogens with zero attached hydrogens (tertiary/aromatic N) is 4. The van der Waals surface area contributed by atoms with Gasteiger partial charge in [-0.05, 0) is 36.6 Å². The topological polar surface area (TPSA) is 111 Å². The Hall–Kier alpha value is -3.54. The molecule has 10 nitrogen and oxygen atoms in total. The molecule has 12 heteroatoms. The van der Waals surface area contributed by atoms with Crippen molar-refractivity contribution in [2.45, 2.75) is 25.7 Å². The minimum Gasteiger partial charge on any atom is -0.481 e. The molecule has 2 aromatic heterocycles. The molecule has 2 N–H and O–H groups in total. The van der Waals surface area contributed by atoms with Gasteiger partial charge in [-0.3, -0.25) is 14.9 Å². The standard InChI is InChI=1S/C26H28ClFN6O4/c1-37-23-12-19(20(28)15-30-23)22-13-21(32-34(22)26-29-7-10-38-26)25(36)33-8-5-17(6-9-33)24(35)31-14-16-3-2-4-18(27)11-16/h2-4,11-13,15,17,26,29H,5-10,14H2,1H3,(H,31,35). The summed E-state index contributed by atoms with van der Waals surface area (Å²) in [4.78, 5) is 31.7. The summed E-state index contributed by atoms with van der Waals surface area (Å²) in [6, 6.07) is 10.4. The van der Waals surface area contributed by atoms with Crippen molar-refractivity contribution < 1.29 is 23.5 Å². The molecule has 2 fully saturated rings. The molecule has 1 atom stereocenters. The van der Waals surface area contributed by atoms with Crippen molar-refractivity contribution in [1.82, 2.24) is 30.3 Å². The highest BCUT2D eigenvalue weighted by Gasteiger charge is 2.31. The van der Waals surface area contributed by atoms with E-state index in [0.717, 1.165) is 11.8 Å². The number of carbonyl (C=O) groups is 2. The van der Waals surface area contributed by atoms with Crippen LogP contribution in [0.2, 0.25) is 5.02 Å². The van der Waals surface area contributed by atoms with E-state index in [1.54, 1.807) is 17.0 Å². The number of likely N-dealkylation sites (tertiary alicyclic amines) is 1. The number of carbonyl (C=O) groups excluding carboxylic acids is 2. The second kappa shape index (κ2) is 11.5. The highest BCUT2D eigenvalue weighted by Crippen LogP contribution is 2.30. The monoisotopic (exact) mass is 542 g/mol. The average molecular weight is 543 g/mol. The number of hydrogen-bond donors (Lipinski definition) is 2. The smallest absolute Gasteiger partial charge is 0.274 e. The number of ether oxygens (including phenoxy) is 2. The van der Waals surface area contributed by atoms with Crippen molar-refractivity contribution in [3.05, 3.63) is 64.7 Å². The van der Waals surface area contributed by atoms with E-state index in [0.29, 0.717) is 56.3 Å². The SMILES string of the molecule is COc1cc(-c2cc(C(=O)N3CCC(C(=O)NCc4cccc(Cl)c4)CC3)nn2C2NCCO2)c(F)cn1. The molecule has 2 amide bonds. The molecule has 0 spiro atoms. The first-order valence-electron chi connectivity index (χ1n) is 12.4. The number of pyridine rings is 1. The van der Waals surface area contributed by atoms with Gasteiger partial charge in [0.05, 0.1) is 25.6 Å². The fraction of sp³-hybridized carbons (Fsp3) is 0.385. The summed E-state index contributed by atoms with van der Waals surface area (Å²) >= 11 is 6.02. The Balaban J connectivity index is 1.27. The zero-order valence-electron chi connectivity index (χ0n) is 20.8. The van der Waals surface area contributed by atoms with E-state index in [4.69, 9.17) is 21.1 Å². The van der Waals surface area contributed by atoms with E-state index in [1.165, 1.54) is 17.9 Å². The summed E-state index contributed by atoms with van der Waals surface area (Å²) in [6.45, 7) is 2.27. The maximum atomic E-state index is 14.8. The Labute approximate surface area is 224 Å². The fourth-order valence-electron chi connectivity index (χ4n) is 4.66. The van der Waals surface area contributed by atoms with Crippen LogP contribution in [0, 0.1) is 11.7 Å². The summed E-state index contributed by atoms with van der Waals surface area (Å²) in [6.07, 6.45) is 1.49. The Kier molecular flexibility index (Phi) is 7.87. The van der Waals surface area contributed by atoms with Crippen molar-refractivity contribution in [3.8, 4) is 17.1 Å². The summed E-state index contributed by atoms with van der Waals surface area (Å²) in [7, 11) is 1.44. The van der Waals surface area contributed by atoms with E-state index in [-0.39, 0.29) is 34.9 Å². The Bertz CT molecular complexity index is 1320. The van der Waals surface area contributed by atoms with E-state index in [2.05, 4.69) is 20.7 Å². The van der Waals surface area contributed by atoms with Crippen molar-refractivity contribution in [1.29, 1.82) is 0 Å². The number of nitrogens with one attached hydrogen (secondary N) is 2. The molecule has 0 saturated carbocycles. The molecular weight excluding hydrogens is 515 g/mol. The predicted octanol–water partition coefficient (Wildman–Crippen LogP) is 2.99. The van der Waals surface area contributed by atoms with Gasteiger partial charge in [0.25, 0.3) is 5.91 Å². The van der Waals surface area contributed by atoms with E-state index in [1.807, 2.05) is 18.2 Å². The molecule has 1 aromatic carbocycles. The third-order valence-electron chi connectivity index (χ3n) is 6.70. The van der Waals surface area contributed by atoms with Crippen LogP contribution in [0.3, 0.4) is 0 Å².